The number of carbonyl (C=O) groups excluding carboxylic acids is 1. The first-order chi connectivity index (χ1) is 16.5. The first-order valence-corrected chi connectivity index (χ1v) is 11.8. The lowest BCUT2D eigenvalue weighted by molar-refractivity contribution is -0.113. The lowest BCUT2D eigenvalue weighted by Gasteiger charge is -2.10. The van der Waals surface area contributed by atoms with E-state index >= 15 is 0 Å². The Morgan fingerprint density at radius 1 is 1.12 bits per heavy atom. The third-order valence-corrected chi connectivity index (χ3v) is 6.17. The summed E-state index contributed by atoms with van der Waals surface area (Å²) in [6, 6.07) is 16.2. The van der Waals surface area contributed by atoms with Gasteiger partial charge in [0.25, 0.3) is 0 Å². The van der Waals surface area contributed by atoms with E-state index in [9.17, 15) is 4.79 Å². The van der Waals surface area contributed by atoms with Gasteiger partial charge in [-0.3, -0.25) is 14.7 Å². The largest absolute Gasteiger partial charge is 0.408 e. The molecule has 0 aliphatic rings. The Morgan fingerprint density at radius 3 is 2.76 bits per heavy atom. The summed E-state index contributed by atoms with van der Waals surface area (Å²) in [5, 5.41) is 21.0. The molecule has 0 aliphatic heterocycles. The number of aromatic nitrogens is 6. The Morgan fingerprint density at radius 2 is 1.97 bits per heavy atom. The second-order valence-corrected chi connectivity index (χ2v) is 9.11. The van der Waals surface area contributed by atoms with Gasteiger partial charge in [-0.25, -0.2) is 0 Å². The Hall–Kier alpha value is -3.92. The van der Waals surface area contributed by atoms with Gasteiger partial charge in [-0.2, -0.15) is 0 Å². The van der Waals surface area contributed by atoms with E-state index < -0.39 is 0 Å². The van der Waals surface area contributed by atoms with Crippen LogP contribution >= 0.6 is 11.8 Å². The molecule has 0 aliphatic carbocycles. The molecule has 0 atom stereocenters. The lowest BCUT2D eigenvalue weighted by Crippen LogP contribution is -2.15. The fraction of sp³-hybridized carbons (Fsp3) is 0.208. The van der Waals surface area contributed by atoms with E-state index in [0.29, 0.717) is 16.9 Å². The van der Waals surface area contributed by atoms with Crippen LogP contribution in [0.2, 0.25) is 0 Å². The molecule has 34 heavy (non-hydrogen) atoms. The average Bonchev–Trinajstić information content (AvgIpc) is 3.55. The number of fused-ring (bicyclic) bond motifs is 1. The summed E-state index contributed by atoms with van der Waals surface area (Å²) in [6.07, 6.45) is 1.93. The molecule has 0 saturated heterocycles. The minimum absolute atomic E-state index is 0.0864. The van der Waals surface area contributed by atoms with Crippen LogP contribution in [0.1, 0.15) is 31.2 Å². The summed E-state index contributed by atoms with van der Waals surface area (Å²) in [4.78, 5) is 15.9. The number of carbonyl (C=O) groups is 1. The molecule has 2 N–H and O–H groups in total. The van der Waals surface area contributed by atoms with Gasteiger partial charge < -0.3 is 9.40 Å². The van der Waals surface area contributed by atoms with Crippen molar-refractivity contribution < 1.29 is 9.21 Å². The highest BCUT2D eigenvalue weighted by atomic mass is 32.2. The quantitative estimate of drug-likeness (QED) is 0.321. The predicted octanol–water partition coefficient (Wildman–Crippen LogP) is 4.96. The zero-order valence-corrected chi connectivity index (χ0v) is 19.8. The van der Waals surface area contributed by atoms with Crippen LogP contribution in [-0.4, -0.2) is 41.6 Å². The molecule has 5 rings (SSSR count). The molecule has 172 valence electrons. The molecule has 0 spiro atoms. The third-order valence-electron chi connectivity index (χ3n) is 5.24. The molecular weight excluding hydrogens is 450 g/mol. The maximum Gasteiger partial charge on any atom is 0.322 e. The molecule has 0 radical (unpaired) electrons. The number of para-hydroxylation sites is 1. The van der Waals surface area contributed by atoms with Crippen LogP contribution in [0.25, 0.3) is 28.0 Å². The van der Waals surface area contributed by atoms with E-state index in [4.69, 9.17) is 4.42 Å². The summed E-state index contributed by atoms with van der Waals surface area (Å²) in [7, 11) is 0. The summed E-state index contributed by atoms with van der Waals surface area (Å²) in [5.41, 5.74) is 3.99. The first-order valence-electron chi connectivity index (χ1n) is 10.8. The van der Waals surface area contributed by atoms with E-state index in [2.05, 4.69) is 36.8 Å². The van der Waals surface area contributed by atoms with Crippen molar-refractivity contribution in [2.24, 2.45) is 0 Å². The number of hydrogen-bond acceptors (Lipinski definition) is 7. The molecular formula is C24H23N7O2S. The van der Waals surface area contributed by atoms with E-state index in [-0.39, 0.29) is 23.6 Å². The van der Waals surface area contributed by atoms with E-state index in [1.165, 1.54) is 11.8 Å². The molecule has 3 aromatic heterocycles. The maximum absolute atomic E-state index is 12.6. The van der Waals surface area contributed by atoms with Crippen molar-refractivity contribution in [1.82, 2.24) is 29.9 Å². The van der Waals surface area contributed by atoms with Gasteiger partial charge in [0.2, 0.25) is 11.8 Å². The molecule has 9 nitrogen and oxygen atoms in total. The van der Waals surface area contributed by atoms with E-state index in [1.807, 2.05) is 74.0 Å². The zero-order valence-electron chi connectivity index (χ0n) is 18.9. The van der Waals surface area contributed by atoms with Crippen molar-refractivity contribution in [1.29, 1.82) is 0 Å². The van der Waals surface area contributed by atoms with Crippen LogP contribution in [0, 0.1) is 6.92 Å². The highest BCUT2D eigenvalue weighted by molar-refractivity contribution is 7.99. The van der Waals surface area contributed by atoms with Crippen molar-refractivity contribution in [3.05, 3.63) is 66.2 Å². The standard InChI is InChI=1S/C24H23N7O2S/c1-14(2)22-28-29-23(33-22)26-20(32)13-34-24-30-27-21(31(24)16-8-6-7-15(3)11-16)18-12-25-19-10-5-4-9-17(18)19/h4-12,14,25H,13H2,1-3H3,(H,26,29,32). The third kappa shape index (κ3) is 4.32. The van der Waals surface area contributed by atoms with Gasteiger partial charge in [0, 0.05) is 34.3 Å². The first kappa shape index (κ1) is 21.9. The van der Waals surface area contributed by atoms with Crippen LogP contribution in [0.4, 0.5) is 6.01 Å². The minimum Gasteiger partial charge on any atom is -0.408 e. The monoisotopic (exact) mass is 473 g/mol. The number of aryl methyl sites for hydroxylation is 1. The second kappa shape index (κ2) is 9.14. The highest BCUT2D eigenvalue weighted by Gasteiger charge is 2.20. The molecule has 0 unspecified atom stereocenters. The number of hydrogen-bond donors (Lipinski definition) is 2. The van der Waals surface area contributed by atoms with Gasteiger partial charge in [-0.05, 0) is 30.7 Å². The second-order valence-electron chi connectivity index (χ2n) is 8.17. The predicted molar refractivity (Wildman–Crippen MR) is 131 cm³/mol. The number of benzene rings is 2. The van der Waals surface area contributed by atoms with Crippen LogP contribution in [0.15, 0.2) is 64.3 Å². The van der Waals surface area contributed by atoms with Crippen molar-refractivity contribution in [2.75, 3.05) is 11.1 Å². The zero-order chi connectivity index (χ0) is 23.7. The maximum atomic E-state index is 12.6. The van der Waals surface area contributed by atoms with Gasteiger partial charge in [-0.1, -0.05) is 61.0 Å². The molecule has 5 aromatic rings. The summed E-state index contributed by atoms with van der Waals surface area (Å²) >= 11 is 1.29. The Kier molecular flexibility index (Phi) is 5.89. The molecule has 0 bridgehead atoms. The number of rotatable bonds is 7. The fourth-order valence-corrected chi connectivity index (χ4v) is 4.35. The Labute approximate surface area is 200 Å². The number of nitrogens with one attached hydrogen (secondary N) is 2. The number of thioether (sulfide) groups is 1. The summed E-state index contributed by atoms with van der Waals surface area (Å²) in [6.45, 7) is 5.92. The van der Waals surface area contributed by atoms with Gasteiger partial charge in [0.15, 0.2) is 11.0 Å². The molecule has 0 saturated carbocycles. The SMILES string of the molecule is Cc1cccc(-n2c(SCC(=O)Nc3nnc(C(C)C)o3)nnc2-c2c[nH]c3ccccc23)c1. The van der Waals surface area contributed by atoms with Crippen molar-refractivity contribution in [2.45, 2.75) is 31.8 Å². The molecule has 10 heteroatoms. The van der Waals surface area contributed by atoms with Gasteiger partial charge >= 0.3 is 6.01 Å². The van der Waals surface area contributed by atoms with Gasteiger partial charge in [0.1, 0.15) is 0 Å². The number of nitrogens with zero attached hydrogens (tertiary/aromatic N) is 5. The average molecular weight is 474 g/mol. The highest BCUT2D eigenvalue weighted by Crippen LogP contribution is 2.32. The van der Waals surface area contributed by atoms with E-state index in [0.717, 1.165) is 27.7 Å². The lowest BCUT2D eigenvalue weighted by atomic mass is 10.1. The number of amides is 1. The van der Waals surface area contributed by atoms with Crippen LogP contribution in [0.5, 0.6) is 0 Å². The Bertz CT molecular complexity index is 1470. The molecule has 0 fully saturated rings. The number of aromatic amines is 1. The molecule has 1 amide bonds. The molecule has 2 aromatic carbocycles. The van der Waals surface area contributed by atoms with Crippen LogP contribution < -0.4 is 5.32 Å². The number of anilines is 1. The smallest absolute Gasteiger partial charge is 0.322 e. The summed E-state index contributed by atoms with van der Waals surface area (Å²) < 4.78 is 7.44. The normalized spacial score (nSPS) is 11.4. The van der Waals surface area contributed by atoms with Gasteiger partial charge in [-0.15, -0.1) is 15.3 Å². The van der Waals surface area contributed by atoms with Crippen molar-refractivity contribution in [3.63, 3.8) is 0 Å². The van der Waals surface area contributed by atoms with E-state index in [1.54, 1.807) is 0 Å². The topological polar surface area (TPSA) is 115 Å². The fourth-order valence-electron chi connectivity index (χ4n) is 3.60. The summed E-state index contributed by atoms with van der Waals surface area (Å²) in [5.74, 6) is 1.10. The van der Waals surface area contributed by atoms with Crippen molar-refractivity contribution in [3.8, 4) is 17.1 Å². The Balaban J connectivity index is 1.44. The van der Waals surface area contributed by atoms with Gasteiger partial charge in [0.05, 0.1) is 5.75 Å². The van der Waals surface area contributed by atoms with Crippen LogP contribution in [-0.2, 0) is 4.79 Å². The van der Waals surface area contributed by atoms with Crippen LogP contribution in [0.3, 0.4) is 0 Å². The minimum atomic E-state index is -0.267. The number of H-pyrrole nitrogens is 1. The van der Waals surface area contributed by atoms with Crippen molar-refractivity contribution >= 4 is 34.6 Å². The molecule has 3 heterocycles.